The fraction of sp³-hybridized carbons (Fsp3) is 0.417. The average molecular weight is 207 g/mol. The molecule has 15 heavy (non-hydrogen) atoms. The van der Waals surface area contributed by atoms with Gasteiger partial charge < -0.3 is 10.5 Å². The molecule has 1 atom stereocenters. The first-order chi connectivity index (χ1) is 7.13. The molecule has 1 aromatic rings. The molecule has 1 aromatic carbocycles. The number of carbonyl (C=O) groups is 1. The van der Waals surface area contributed by atoms with E-state index < -0.39 is 0 Å². The Morgan fingerprint density at radius 3 is 2.47 bits per heavy atom. The molecule has 0 aliphatic carbocycles. The Morgan fingerprint density at radius 2 is 2.00 bits per heavy atom. The van der Waals surface area contributed by atoms with Gasteiger partial charge in [0.05, 0.1) is 0 Å². The molecule has 0 spiro atoms. The number of hydrogen-bond acceptors (Lipinski definition) is 3. The van der Waals surface area contributed by atoms with Crippen molar-refractivity contribution in [1.29, 1.82) is 0 Å². The molecular formula is C12H17NO2. The molecule has 0 saturated heterocycles. The molecule has 2 N–H and O–H groups in total. The Hall–Kier alpha value is -1.35. The molecule has 0 heterocycles. The normalized spacial score (nSPS) is 12.2. The van der Waals surface area contributed by atoms with Crippen LogP contribution in [0.5, 0.6) is 5.75 Å². The fourth-order valence-electron chi connectivity index (χ4n) is 1.11. The Bertz CT molecular complexity index is 319. The van der Waals surface area contributed by atoms with Gasteiger partial charge >= 0.3 is 0 Å². The fourth-order valence-corrected chi connectivity index (χ4v) is 1.11. The van der Waals surface area contributed by atoms with E-state index in [1.54, 1.807) is 31.2 Å². The van der Waals surface area contributed by atoms with Crippen LogP contribution < -0.4 is 10.5 Å². The molecule has 82 valence electrons. The van der Waals surface area contributed by atoms with Crippen molar-refractivity contribution in [2.75, 3.05) is 6.61 Å². The zero-order chi connectivity index (χ0) is 11.3. The number of benzene rings is 1. The maximum Gasteiger partial charge on any atom is 0.159 e. The Kier molecular flexibility index (Phi) is 4.31. The van der Waals surface area contributed by atoms with Gasteiger partial charge in [0.2, 0.25) is 0 Å². The molecule has 0 bridgehead atoms. The molecule has 0 aromatic heterocycles. The number of nitrogens with two attached hydrogens (primary N) is 1. The van der Waals surface area contributed by atoms with E-state index in [4.69, 9.17) is 10.5 Å². The minimum absolute atomic E-state index is 0.0619. The van der Waals surface area contributed by atoms with Crippen molar-refractivity contribution in [2.45, 2.75) is 26.3 Å². The number of ether oxygens (including phenoxy) is 1. The molecule has 1 unspecified atom stereocenters. The molecule has 0 amide bonds. The van der Waals surface area contributed by atoms with E-state index in [-0.39, 0.29) is 11.8 Å². The zero-order valence-electron chi connectivity index (χ0n) is 9.19. The molecule has 3 heteroatoms. The first kappa shape index (κ1) is 11.7. The van der Waals surface area contributed by atoms with Gasteiger partial charge in [-0.15, -0.1) is 0 Å². The largest absolute Gasteiger partial charge is 0.492 e. The van der Waals surface area contributed by atoms with Gasteiger partial charge in [-0.05, 0) is 37.6 Å². The number of Topliss-reactive ketones (excluding diaryl/α,β-unsaturated/α-hetero) is 1. The van der Waals surface area contributed by atoms with Crippen LogP contribution in [0.1, 0.15) is 30.6 Å². The first-order valence-corrected chi connectivity index (χ1v) is 5.13. The van der Waals surface area contributed by atoms with Crippen LogP contribution in [0.3, 0.4) is 0 Å². The van der Waals surface area contributed by atoms with E-state index in [0.717, 1.165) is 12.2 Å². The lowest BCUT2D eigenvalue weighted by Gasteiger charge is -2.10. The van der Waals surface area contributed by atoms with Crippen LogP contribution in [0.15, 0.2) is 24.3 Å². The summed E-state index contributed by atoms with van der Waals surface area (Å²) in [5.74, 6) is 0.815. The zero-order valence-corrected chi connectivity index (χ0v) is 9.19. The Morgan fingerprint density at radius 1 is 1.40 bits per heavy atom. The summed E-state index contributed by atoms with van der Waals surface area (Å²) in [7, 11) is 0. The van der Waals surface area contributed by atoms with Crippen LogP contribution in [0.25, 0.3) is 0 Å². The van der Waals surface area contributed by atoms with Crippen molar-refractivity contribution < 1.29 is 9.53 Å². The Labute approximate surface area is 90.2 Å². The summed E-state index contributed by atoms with van der Waals surface area (Å²) in [5.41, 5.74) is 6.42. The first-order valence-electron chi connectivity index (χ1n) is 5.13. The number of ketones is 1. The maximum atomic E-state index is 11.0. The second kappa shape index (κ2) is 5.51. The quantitative estimate of drug-likeness (QED) is 0.751. The van der Waals surface area contributed by atoms with Crippen LogP contribution in [-0.2, 0) is 0 Å². The highest BCUT2D eigenvalue weighted by Crippen LogP contribution is 2.12. The third-order valence-electron chi connectivity index (χ3n) is 2.25. The van der Waals surface area contributed by atoms with Gasteiger partial charge in [0, 0.05) is 11.6 Å². The summed E-state index contributed by atoms with van der Waals surface area (Å²) in [6.07, 6.45) is 0.894. The summed E-state index contributed by atoms with van der Waals surface area (Å²) < 4.78 is 5.46. The molecule has 3 nitrogen and oxygen atoms in total. The number of hydrogen-bond donors (Lipinski definition) is 1. The number of carbonyl (C=O) groups excluding carboxylic acids is 1. The third kappa shape index (κ3) is 3.72. The second-order valence-corrected chi connectivity index (χ2v) is 3.56. The lowest BCUT2D eigenvalue weighted by molar-refractivity contribution is 0.101. The highest BCUT2D eigenvalue weighted by atomic mass is 16.5. The molecular weight excluding hydrogens is 190 g/mol. The van der Waals surface area contributed by atoms with Crippen molar-refractivity contribution in [3.63, 3.8) is 0 Å². The highest BCUT2D eigenvalue weighted by Gasteiger charge is 2.02. The highest BCUT2D eigenvalue weighted by molar-refractivity contribution is 5.94. The van der Waals surface area contributed by atoms with E-state index >= 15 is 0 Å². The molecule has 0 saturated carbocycles. The third-order valence-corrected chi connectivity index (χ3v) is 2.25. The van der Waals surface area contributed by atoms with E-state index in [0.29, 0.717) is 12.2 Å². The predicted molar refractivity (Wildman–Crippen MR) is 60.2 cm³/mol. The maximum absolute atomic E-state index is 11.0. The molecule has 0 fully saturated rings. The van der Waals surface area contributed by atoms with Crippen molar-refractivity contribution in [1.82, 2.24) is 0 Å². The van der Waals surface area contributed by atoms with E-state index in [9.17, 15) is 4.79 Å². The second-order valence-electron chi connectivity index (χ2n) is 3.56. The van der Waals surface area contributed by atoms with Crippen molar-refractivity contribution >= 4 is 5.78 Å². The lowest BCUT2D eigenvalue weighted by atomic mass is 10.1. The van der Waals surface area contributed by atoms with Gasteiger partial charge in [-0.25, -0.2) is 0 Å². The monoisotopic (exact) mass is 207 g/mol. The molecule has 0 aliphatic heterocycles. The minimum Gasteiger partial charge on any atom is -0.492 e. The summed E-state index contributed by atoms with van der Waals surface area (Å²) in [6.45, 7) is 4.08. The van der Waals surface area contributed by atoms with Crippen molar-refractivity contribution in [2.24, 2.45) is 5.73 Å². The van der Waals surface area contributed by atoms with Gasteiger partial charge in [-0.2, -0.15) is 0 Å². The molecule has 1 rings (SSSR count). The van der Waals surface area contributed by atoms with Gasteiger partial charge in [-0.1, -0.05) is 6.92 Å². The van der Waals surface area contributed by atoms with Gasteiger partial charge in [0.25, 0.3) is 0 Å². The predicted octanol–water partition coefficient (Wildman–Crippen LogP) is 2.01. The van der Waals surface area contributed by atoms with Crippen molar-refractivity contribution in [3.8, 4) is 5.75 Å². The minimum atomic E-state index is 0.0619. The lowest BCUT2D eigenvalue weighted by Crippen LogP contribution is -2.26. The molecule has 0 radical (unpaired) electrons. The van der Waals surface area contributed by atoms with Gasteiger partial charge in [-0.3, -0.25) is 4.79 Å². The van der Waals surface area contributed by atoms with E-state index in [1.807, 2.05) is 6.92 Å². The van der Waals surface area contributed by atoms with Crippen LogP contribution >= 0.6 is 0 Å². The van der Waals surface area contributed by atoms with Crippen LogP contribution in [0, 0.1) is 0 Å². The van der Waals surface area contributed by atoms with Crippen LogP contribution in [-0.4, -0.2) is 18.4 Å². The van der Waals surface area contributed by atoms with Crippen LogP contribution in [0.4, 0.5) is 0 Å². The standard InChI is InChI=1S/C12H17NO2/c1-3-11(13)8-15-12-6-4-10(5-7-12)9(2)14/h4-7,11H,3,8,13H2,1-2H3. The number of rotatable bonds is 5. The van der Waals surface area contributed by atoms with Crippen LogP contribution in [0.2, 0.25) is 0 Å². The van der Waals surface area contributed by atoms with Crippen molar-refractivity contribution in [3.05, 3.63) is 29.8 Å². The smallest absolute Gasteiger partial charge is 0.159 e. The average Bonchev–Trinajstić information content (AvgIpc) is 2.26. The van der Waals surface area contributed by atoms with Gasteiger partial charge in [0.15, 0.2) is 5.78 Å². The van der Waals surface area contributed by atoms with E-state index in [1.165, 1.54) is 0 Å². The Balaban J connectivity index is 2.53. The summed E-state index contributed by atoms with van der Waals surface area (Å²) in [5, 5.41) is 0. The van der Waals surface area contributed by atoms with E-state index in [2.05, 4.69) is 0 Å². The molecule has 0 aliphatic rings. The van der Waals surface area contributed by atoms with Gasteiger partial charge in [0.1, 0.15) is 12.4 Å². The summed E-state index contributed by atoms with van der Waals surface area (Å²) in [6, 6.07) is 7.17. The summed E-state index contributed by atoms with van der Waals surface area (Å²) in [4.78, 5) is 11.0. The summed E-state index contributed by atoms with van der Waals surface area (Å²) >= 11 is 0. The topological polar surface area (TPSA) is 52.3 Å². The SMILES string of the molecule is CCC(N)COc1ccc(C(C)=O)cc1.